The van der Waals surface area contributed by atoms with Gasteiger partial charge < -0.3 is 20.4 Å². The van der Waals surface area contributed by atoms with E-state index >= 15 is 0 Å². The molecule has 2 unspecified atom stereocenters. The number of nitrogens with zero attached hydrogens (tertiary/aromatic N) is 1. The summed E-state index contributed by atoms with van der Waals surface area (Å²) in [5.41, 5.74) is -6.44. The second kappa shape index (κ2) is 10.1. The summed E-state index contributed by atoms with van der Waals surface area (Å²) < 4.78 is 103. The Morgan fingerprint density at radius 3 is 2.00 bits per heavy atom. The second-order valence-electron chi connectivity index (χ2n) is 9.46. The van der Waals surface area contributed by atoms with Crippen molar-refractivity contribution in [2.24, 2.45) is 5.92 Å². The van der Waals surface area contributed by atoms with Gasteiger partial charge in [-0.05, 0) is 41.3 Å². The smallest absolute Gasteiger partial charge is 0.383 e. The summed E-state index contributed by atoms with van der Waals surface area (Å²) in [5, 5.41) is 22.2. The summed E-state index contributed by atoms with van der Waals surface area (Å²) in [6, 6.07) is 4.51. The van der Waals surface area contributed by atoms with Gasteiger partial charge in [0.25, 0.3) is 17.4 Å². The normalized spacial score (nSPS) is 17.2. The van der Waals surface area contributed by atoms with Crippen LogP contribution in [0.15, 0.2) is 47.4 Å². The first-order valence-corrected chi connectivity index (χ1v) is 13.2. The van der Waals surface area contributed by atoms with Crippen molar-refractivity contribution in [2.75, 3.05) is 11.6 Å². The molecule has 2 atom stereocenters. The summed E-state index contributed by atoms with van der Waals surface area (Å²) >= 11 is 0. The van der Waals surface area contributed by atoms with Crippen molar-refractivity contribution in [1.29, 1.82) is 0 Å². The molecule has 15 heteroatoms. The van der Waals surface area contributed by atoms with Crippen molar-refractivity contribution >= 4 is 27.3 Å². The average Bonchev–Trinajstić information content (AvgIpc) is 3.20. The number of aliphatic hydroxyl groups is 2. The van der Waals surface area contributed by atoms with Crippen LogP contribution in [0.5, 0.6) is 0 Å². The number of alkyl halides is 6. The summed E-state index contributed by atoms with van der Waals surface area (Å²) in [7, 11) is -3.65. The van der Waals surface area contributed by atoms with Gasteiger partial charge in [-0.15, -0.1) is 0 Å². The van der Waals surface area contributed by atoms with E-state index in [1.54, 1.807) is 13.8 Å². The average molecular weight is 583 g/mol. The lowest BCUT2D eigenvalue weighted by atomic mass is 9.92. The largest absolute Gasteiger partial charge is 0.430 e. The quantitative estimate of drug-likeness (QED) is 0.449. The van der Waals surface area contributed by atoms with Crippen molar-refractivity contribution in [3.05, 3.63) is 59.2 Å². The summed E-state index contributed by atoms with van der Waals surface area (Å²) in [5.74, 6) is -2.33. The van der Waals surface area contributed by atoms with Crippen LogP contribution < -0.4 is 5.32 Å². The molecule has 0 fully saturated rings. The molecule has 214 valence electrons. The highest BCUT2D eigenvalue weighted by Gasteiger charge is 2.71. The fraction of sp³-hybridized carbons (Fsp3) is 0.417. The number of nitrogens with one attached hydrogen (secondary N) is 1. The molecule has 1 heterocycles. The zero-order chi connectivity index (χ0) is 29.7. The maximum atomic E-state index is 13.3. The monoisotopic (exact) mass is 582 g/mol. The van der Waals surface area contributed by atoms with Crippen LogP contribution >= 0.6 is 0 Å². The molecule has 8 nitrogen and oxygen atoms in total. The molecule has 1 aliphatic rings. The predicted octanol–water partition coefficient (Wildman–Crippen LogP) is 3.44. The van der Waals surface area contributed by atoms with E-state index < -0.39 is 63.2 Å². The Bertz CT molecular complexity index is 1360. The van der Waals surface area contributed by atoms with Crippen LogP contribution in [-0.2, 0) is 31.6 Å². The Morgan fingerprint density at radius 2 is 1.54 bits per heavy atom. The molecule has 2 aromatic carbocycles. The van der Waals surface area contributed by atoms with E-state index in [0.717, 1.165) is 11.2 Å². The van der Waals surface area contributed by atoms with E-state index in [0.29, 0.717) is 24.3 Å². The Hall–Kier alpha value is -3.17. The number of rotatable bonds is 6. The molecule has 0 saturated heterocycles. The molecule has 0 radical (unpaired) electrons. The number of halogens is 6. The minimum atomic E-state index is -6.09. The van der Waals surface area contributed by atoms with Crippen LogP contribution in [0.4, 0.5) is 32.0 Å². The van der Waals surface area contributed by atoms with E-state index in [4.69, 9.17) is 0 Å². The lowest BCUT2D eigenvalue weighted by Crippen LogP contribution is -2.53. The number of sulfone groups is 1. The van der Waals surface area contributed by atoms with Gasteiger partial charge in [-0.1, -0.05) is 32.0 Å². The number of fused-ring (bicyclic) bond motifs is 1. The third-order valence-corrected chi connectivity index (χ3v) is 7.41. The lowest BCUT2D eigenvalue weighted by Gasteiger charge is -2.32. The summed E-state index contributed by atoms with van der Waals surface area (Å²) in [6.45, 7) is 2.85. The topological polar surface area (TPSA) is 124 Å². The van der Waals surface area contributed by atoms with Crippen LogP contribution in [0, 0.1) is 5.92 Å². The van der Waals surface area contributed by atoms with Crippen molar-refractivity contribution in [3.8, 4) is 0 Å². The van der Waals surface area contributed by atoms with Gasteiger partial charge >= 0.3 is 12.4 Å². The molecule has 1 aliphatic heterocycles. The molecule has 2 aromatic rings. The summed E-state index contributed by atoms with van der Waals surface area (Å²) in [4.78, 5) is 27.1. The van der Waals surface area contributed by atoms with Gasteiger partial charge in [0.2, 0.25) is 0 Å². The minimum absolute atomic E-state index is 0.0866. The van der Waals surface area contributed by atoms with Crippen LogP contribution in [0.3, 0.4) is 0 Å². The van der Waals surface area contributed by atoms with Crippen LogP contribution in [0.2, 0.25) is 0 Å². The molecule has 39 heavy (non-hydrogen) atoms. The zero-order valence-electron chi connectivity index (χ0n) is 20.6. The molecule has 0 spiro atoms. The van der Waals surface area contributed by atoms with E-state index in [-0.39, 0.29) is 28.3 Å². The highest BCUT2D eigenvalue weighted by molar-refractivity contribution is 7.90. The number of carbonyl (C=O) groups excluding carboxylic acids is 2. The van der Waals surface area contributed by atoms with Crippen molar-refractivity contribution in [3.63, 3.8) is 0 Å². The van der Waals surface area contributed by atoms with Gasteiger partial charge in [0.05, 0.1) is 4.90 Å². The van der Waals surface area contributed by atoms with Crippen molar-refractivity contribution < 1.29 is 54.6 Å². The van der Waals surface area contributed by atoms with Crippen LogP contribution in [-0.4, -0.2) is 60.1 Å². The predicted molar refractivity (Wildman–Crippen MR) is 125 cm³/mol. The van der Waals surface area contributed by atoms with Crippen molar-refractivity contribution in [1.82, 2.24) is 4.90 Å². The third-order valence-electron chi connectivity index (χ3n) is 6.30. The second-order valence-corrected chi connectivity index (χ2v) is 11.5. The van der Waals surface area contributed by atoms with Crippen molar-refractivity contribution in [2.45, 2.75) is 55.4 Å². The fourth-order valence-corrected chi connectivity index (χ4v) is 4.77. The number of amides is 2. The molecule has 3 N–H and O–H groups in total. The first kappa shape index (κ1) is 30.4. The molecule has 0 saturated carbocycles. The van der Waals surface area contributed by atoms with E-state index in [2.05, 4.69) is 5.32 Å². The number of benzene rings is 2. The number of anilines is 1. The Morgan fingerprint density at radius 1 is 1.00 bits per heavy atom. The molecular formula is C24H24F6N2O6S. The van der Waals surface area contributed by atoms with E-state index in [9.17, 15) is 54.6 Å². The third kappa shape index (κ3) is 5.61. The number of hydrogen-bond acceptors (Lipinski definition) is 6. The maximum absolute atomic E-state index is 13.3. The van der Waals surface area contributed by atoms with Crippen LogP contribution in [0.25, 0.3) is 0 Å². The van der Waals surface area contributed by atoms with E-state index in [1.165, 1.54) is 18.2 Å². The molecule has 3 rings (SSSR count). The van der Waals surface area contributed by atoms with Gasteiger partial charge in [0.15, 0.2) is 9.84 Å². The Labute approximate surface area is 219 Å². The minimum Gasteiger partial charge on any atom is -0.383 e. The highest BCUT2D eigenvalue weighted by atomic mass is 32.2. The van der Waals surface area contributed by atoms with Gasteiger partial charge in [-0.25, -0.2) is 8.42 Å². The Kier molecular flexibility index (Phi) is 7.86. The maximum Gasteiger partial charge on any atom is 0.430 e. The number of hydrogen-bond donors (Lipinski definition) is 3. The van der Waals surface area contributed by atoms with Gasteiger partial charge in [-0.3, -0.25) is 9.59 Å². The number of aliphatic hydroxyl groups excluding tert-OH is 1. The lowest BCUT2D eigenvalue weighted by molar-refractivity contribution is -0.376. The molecule has 2 amide bonds. The number of carbonyl (C=O) groups is 2. The summed E-state index contributed by atoms with van der Waals surface area (Å²) in [6.07, 6.45) is -12.7. The highest BCUT2D eigenvalue weighted by Crippen LogP contribution is 2.50. The van der Waals surface area contributed by atoms with Gasteiger partial charge in [-0.2, -0.15) is 26.3 Å². The first-order valence-electron chi connectivity index (χ1n) is 11.3. The zero-order valence-corrected chi connectivity index (χ0v) is 21.4. The first-order chi connectivity index (χ1) is 17.7. The molecular weight excluding hydrogens is 558 g/mol. The van der Waals surface area contributed by atoms with Gasteiger partial charge in [0, 0.05) is 24.1 Å². The van der Waals surface area contributed by atoms with Gasteiger partial charge in [0.1, 0.15) is 12.1 Å². The Balaban J connectivity index is 1.98. The van der Waals surface area contributed by atoms with E-state index in [1.807, 2.05) is 0 Å². The molecule has 0 aliphatic carbocycles. The fourth-order valence-electron chi connectivity index (χ4n) is 4.10. The van der Waals surface area contributed by atoms with Crippen LogP contribution in [0.1, 0.15) is 36.6 Å². The standard InChI is InChI=1S/C24H24F6N2O6S/c1-12(2)19(33)21(35)32-11-13-10-16(39(3,37)38)8-9-17(13)18(32)20(34)31-15-6-4-14(5-7-15)22(36,23(25,26)27)24(28,29)30/h4-10,12,18-19,33,36H,11H2,1-3H3,(H,31,34). The SMILES string of the molecule is CC(C)C(O)C(=O)N1Cc2cc(S(C)(=O)=O)ccc2C1C(=O)Nc1ccc(C(O)(C(F)(F)F)C(F)(F)F)cc1. The molecule has 0 aromatic heterocycles. The molecule has 0 bridgehead atoms.